The lowest BCUT2D eigenvalue weighted by Crippen LogP contribution is -2.46. The fraction of sp³-hybridized carbons (Fsp3) is 0.619. The van der Waals surface area contributed by atoms with E-state index in [1.54, 1.807) is 0 Å². The van der Waals surface area contributed by atoms with Gasteiger partial charge in [-0.3, -0.25) is 0 Å². The third-order valence-corrected chi connectivity index (χ3v) is 5.06. The van der Waals surface area contributed by atoms with Gasteiger partial charge in [0.25, 0.3) is 0 Å². The van der Waals surface area contributed by atoms with Gasteiger partial charge in [0.1, 0.15) is 31.0 Å². The van der Waals surface area contributed by atoms with Crippen molar-refractivity contribution in [1.29, 1.82) is 0 Å². The highest BCUT2D eigenvalue weighted by Crippen LogP contribution is 2.30. The van der Waals surface area contributed by atoms with Crippen LogP contribution in [0, 0.1) is 0 Å². The summed E-state index contributed by atoms with van der Waals surface area (Å²) in [7, 11) is 1.23. The number of alkyl carbamates (subject to hydrolysis) is 1. The van der Waals surface area contributed by atoms with E-state index in [4.69, 9.17) is 33.5 Å². The van der Waals surface area contributed by atoms with Crippen molar-refractivity contribution in [1.82, 2.24) is 5.32 Å². The Hall–Kier alpha value is -2.24. The summed E-state index contributed by atoms with van der Waals surface area (Å²) in [6.07, 6.45) is -1.46. The molecule has 1 aromatic rings. The van der Waals surface area contributed by atoms with Gasteiger partial charge in [0.05, 0.1) is 26.9 Å². The van der Waals surface area contributed by atoms with E-state index in [2.05, 4.69) is 5.32 Å². The molecule has 0 saturated carbocycles. The van der Waals surface area contributed by atoms with Gasteiger partial charge in [-0.1, -0.05) is 30.3 Å². The van der Waals surface area contributed by atoms with Crippen LogP contribution < -0.4 is 5.32 Å². The van der Waals surface area contributed by atoms with Crippen LogP contribution in [0.15, 0.2) is 30.3 Å². The van der Waals surface area contributed by atoms with E-state index in [1.807, 2.05) is 30.3 Å². The quantitative estimate of drug-likeness (QED) is 0.373. The predicted molar refractivity (Wildman–Crippen MR) is 106 cm³/mol. The molecule has 0 radical (unpaired) electrons. The first kappa shape index (κ1) is 23.4. The standard InChI is InChI=1S/C21H29NO9/c1-26-20(24)15(22-21(25)31-10-14-6-3-2-4-7-14)11-28-17-13-30-18-16(12-29-19(17)18)27-9-5-8-23/h2-4,6-7,15-19,23H,5,8-13H2,1H3,(H,22,25)/t15-,16-,17+,18+,19+/m0/s1. The van der Waals surface area contributed by atoms with Crippen molar-refractivity contribution in [2.45, 2.75) is 43.5 Å². The molecule has 10 nitrogen and oxygen atoms in total. The van der Waals surface area contributed by atoms with Gasteiger partial charge >= 0.3 is 12.1 Å². The Balaban J connectivity index is 1.46. The third kappa shape index (κ3) is 6.62. The van der Waals surface area contributed by atoms with Crippen LogP contribution in [0.4, 0.5) is 4.79 Å². The van der Waals surface area contributed by atoms with E-state index >= 15 is 0 Å². The zero-order valence-corrected chi connectivity index (χ0v) is 17.4. The number of aliphatic hydroxyl groups is 1. The Morgan fingerprint density at radius 1 is 1.13 bits per heavy atom. The van der Waals surface area contributed by atoms with Crippen molar-refractivity contribution in [3.8, 4) is 0 Å². The molecule has 0 unspecified atom stereocenters. The molecule has 172 valence electrons. The number of rotatable bonds is 11. The van der Waals surface area contributed by atoms with E-state index in [-0.39, 0.29) is 44.7 Å². The SMILES string of the molecule is COC(=O)[C@H](CO[C@@H]1CO[C@H]2[C@@H]1OC[C@@H]2OCCCO)NC(=O)OCc1ccccc1. The molecule has 0 bridgehead atoms. The van der Waals surface area contributed by atoms with E-state index in [0.717, 1.165) is 5.56 Å². The lowest BCUT2D eigenvalue weighted by molar-refractivity contribution is -0.146. The second-order valence-corrected chi connectivity index (χ2v) is 7.24. The monoisotopic (exact) mass is 439 g/mol. The molecule has 31 heavy (non-hydrogen) atoms. The molecule has 0 aliphatic carbocycles. The summed E-state index contributed by atoms with van der Waals surface area (Å²) < 4.78 is 32.9. The number of hydrogen-bond acceptors (Lipinski definition) is 9. The maximum Gasteiger partial charge on any atom is 0.408 e. The van der Waals surface area contributed by atoms with Gasteiger partial charge in [-0.05, 0) is 12.0 Å². The van der Waals surface area contributed by atoms with Crippen molar-refractivity contribution in [3.05, 3.63) is 35.9 Å². The molecule has 2 fully saturated rings. The molecule has 5 atom stereocenters. The van der Waals surface area contributed by atoms with E-state index in [9.17, 15) is 9.59 Å². The zero-order chi connectivity index (χ0) is 22.1. The summed E-state index contributed by atoms with van der Waals surface area (Å²) in [5.74, 6) is -0.648. The van der Waals surface area contributed by atoms with Crippen LogP contribution in [-0.2, 0) is 39.8 Å². The second kappa shape index (κ2) is 12.0. The second-order valence-electron chi connectivity index (χ2n) is 7.24. The van der Waals surface area contributed by atoms with Crippen LogP contribution in [0.1, 0.15) is 12.0 Å². The molecule has 1 aromatic carbocycles. The molecule has 2 aliphatic rings. The van der Waals surface area contributed by atoms with Crippen molar-refractivity contribution in [2.75, 3.05) is 40.1 Å². The molecule has 2 aliphatic heterocycles. The average molecular weight is 439 g/mol. The topological polar surface area (TPSA) is 122 Å². The fourth-order valence-electron chi connectivity index (χ4n) is 3.45. The number of amides is 1. The molecular formula is C21H29NO9. The molecule has 0 spiro atoms. The predicted octanol–water partition coefficient (Wildman–Crippen LogP) is 0.405. The van der Waals surface area contributed by atoms with Crippen molar-refractivity contribution in [2.24, 2.45) is 0 Å². The molecule has 10 heteroatoms. The van der Waals surface area contributed by atoms with Crippen molar-refractivity contribution < 1.29 is 43.1 Å². The van der Waals surface area contributed by atoms with Crippen LogP contribution in [0.5, 0.6) is 0 Å². The maximum atomic E-state index is 12.1. The highest BCUT2D eigenvalue weighted by Gasteiger charge is 2.49. The lowest BCUT2D eigenvalue weighted by Gasteiger charge is -2.21. The molecule has 2 N–H and O–H groups in total. The normalized spacial score (nSPS) is 25.6. The summed E-state index contributed by atoms with van der Waals surface area (Å²) in [4.78, 5) is 24.2. The van der Waals surface area contributed by atoms with Gasteiger partial charge in [0.2, 0.25) is 0 Å². The summed E-state index contributed by atoms with van der Waals surface area (Å²) in [6.45, 7) is 1.08. The van der Waals surface area contributed by atoms with Gasteiger partial charge in [-0.2, -0.15) is 0 Å². The molecule has 2 saturated heterocycles. The van der Waals surface area contributed by atoms with Crippen molar-refractivity contribution in [3.63, 3.8) is 0 Å². The smallest absolute Gasteiger partial charge is 0.408 e. The molecule has 1 amide bonds. The van der Waals surface area contributed by atoms with Crippen LogP contribution in [0.2, 0.25) is 0 Å². The molecule has 2 heterocycles. The number of hydrogen-bond donors (Lipinski definition) is 2. The Bertz CT molecular complexity index is 701. The number of aliphatic hydroxyl groups excluding tert-OH is 1. The first-order chi connectivity index (χ1) is 15.1. The molecule has 0 aromatic heterocycles. The van der Waals surface area contributed by atoms with Crippen LogP contribution in [0.25, 0.3) is 0 Å². The largest absolute Gasteiger partial charge is 0.467 e. The number of fused-ring (bicyclic) bond motifs is 1. The average Bonchev–Trinajstić information content (AvgIpc) is 3.38. The number of esters is 1. The minimum atomic E-state index is -1.04. The Morgan fingerprint density at radius 3 is 2.45 bits per heavy atom. The first-order valence-electron chi connectivity index (χ1n) is 10.2. The summed E-state index contributed by atoms with van der Waals surface area (Å²) in [5, 5.41) is 11.3. The van der Waals surface area contributed by atoms with Crippen LogP contribution in [-0.4, -0.2) is 87.8 Å². The Labute approximate surface area is 180 Å². The van der Waals surface area contributed by atoms with Crippen LogP contribution >= 0.6 is 0 Å². The minimum absolute atomic E-state index is 0.0595. The number of carbonyl (C=O) groups is 2. The lowest BCUT2D eigenvalue weighted by atomic mass is 10.1. The van der Waals surface area contributed by atoms with Gasteiger partial charge in [-0.25, -0.2) is 9.59 Å². The summed E-state index contributed by atoms with van der Waals surface area (Å²) >= 11 is 0. The Morgan fingerprint density at radius 2 is 1.81 bits per heavy atom. The Kier molecular flexibility index (Phi) is 9.04. The highest BCUT2D eigenvalue weighted by atomic mass is 16.6. The van der Waals surface area contributed by atoms with E-state index in [1.165, 1.54) is 7.11 Å². The van der Waals surface area contributed by atoms with E-state index in [0.29, 0.717) is 19.6 Å². The minimum Gasteiger partial charge on any atom is -0.467 e. The van der Waals surface area contributed by atoms with Gasteiger partial charge in [-0.15, -0.1) is 0 Å². The molecule has 3 rings (SSSR count). The highest BCUT2D eigenvalue weighted by molar-refractivity contribution is 5.81. The van der Waals surface area contributed by atoms with Gasteiger partial charge in [0.15, 0.2) is 6.04 Å². The number of methoxy groups -OCH3 is 1. The van der Waals surface area contributed by atoms with Crippen LogP contribution in [0.3, 0.4) is 0 Å². The summed E-state index contributed by atoms with van der Waals surface area (Å²) in [5.41, 5.74) is 0.826. The van der Waals surface area contributed by atoms with E-state index < -0.39 is 24.2 Å². The van der Waals surface area contributed by atoms with Gasteiger partial charge < -0.3 is 38.8 Å². The first-order valence-corrected chi connectivity index (χ1v) is 10.2. The summed E-state index contributed by atoms with van der Waals surface area (Å²) in [6, 6.07) is 8.16. The molecular weight excluding hydrogens is 410 g/mol. The fourth-order valence-corrected chi connectivity index (χ4v) is 3.45. The number of benzene rings is 1. The van der Waals surface area contributed by atoms with Gasteiger partial charge in [0, 0.05) is 13.2 Å². The third-order valence-electron chi connectivity index (χ3n) is 5.06. The number of carbonyl (C=O) groups excluding carboxylic acids is 2. The van der Waals surface area contributed by atoms with Crippen molar-refractivity contribution >= 4 is 12.1 Å². The number of ether oxygens (including phenoxy) is 6. The number of nitrogens with one attached hydrogen (secondary N) is 1. The maximum absolute atomic E-state index is 12.1. The zero-order valence-electron chi connectivity index (χ0n) is 17.4.